The maximum atomic E-state index is 13.0. The lowest BCUT2D eigenvalue weighted by molar-refractivity contribution is -0.184. The molecular formula is C30H45ClO2. The van der Waals surface area contributed by atoms with Gasteiger partial charge in [0.1, 0.15) is 5.78 Å². The van der Waals surface area contributed by atoms with E-state index in [2.05, 4.69) is 54.5 Å². The minimum absolute atomic E-state index is 0.0820. The van der Waals surface area contributed by atoms with E-state index in [1.165, 1.54) is 6.42 Å². The molecule has 0 unspecified atom stereocenters. The fourth-order valence-electron chi connectivity index (χ4n) is 10.4. The zero-order valence-electron chi connectivity index (χ0n) is 22.1. The second-order valence-electron chi connectivity index (χ2n) is 14.8. The Balaban J connectivity index is 1.60. The van der Waals surface area contributed by atoms with Crippen LogP contribution in [-0.4, -0.2) is 11.0 Å². The van der Waals surface area contributed by atoms with Gasteiger partial charge in [0.2, 0.25) is 5.24 Å². The van der Waals surface area contributed by atoms with E-state index >= 15 is 0 Å². The van der Waals surface area contributed by atoms with Crippen molar-refractivity contribution < 1.29 is 9.59 Å². The van der Waals surface area contributed by atoms with Crippen molar-refractivity contribution in [3.8, 4) is 0 Å². The van der Waals surface area contributed by atoms with E-state index in [4.69, 9.17) is 11.6 Å². The Morgan fingerprint density at radius 1 is 0.909 bits per heavy atom. The normalized spacial score (nSPS) is 50.2. The van der Waals surface area contributed by atoms with Gasteiger partial charge in [-0.2, -0.15) is 0 Å². The predicted octanol–water partition coefficient (Wildman–Crippen LogP) is 8.12. The van der Waals surface area contributed by atoms with Gasteiger partial charge >= 0.3 is 0 Å². The van der Waals surface area contributed by atoms with E-state index in [1.807, 2.05) is 0 Å². The molecule has 7 atom stereocenters. The number of allylic oxidation sites excluding steroid dienone is 2. The first-order valence-electron chi connectivity index (χ1n) is 13.6. The van der Waals surface area contributed by atoms with Crippen LogP contribution in [0.3, 0.4) is 0 Å². The van der Waals surface area contributed by atoms with E-state index in [0.29, 0.717) is 17.6 Å². The molecule has 0 aromatic heterocycles. The Morgan fingerprint density at radius 2 is 1.58 bits per heavy atom. The van der Waals surface area contributed by atoms with Crippen LogP contribution in [0.1, 0.15) is 113 Å². The molecule has 4 saturated carbocycles. The minimum atomic E-state index is -0.355. The molecule has 0 saturated heterocycles. The Hall–Kier alpha value is -0.630. The Kier molecular flexibility index (Phi) is 5.10. The highest BCUT2D eigenvalue weighted by atomic mass is 35.5. The van der Waals surface area contributed by atoms with Gasteiger partial charge in [0.05, 0.1) is 5.41 Å². The van der Waals surface area contributed by atoms with E-state index in [-0.39, 0.29) is 43.7 Å². The molecule has 2 nitrogen and oxygen atoms in total. The zero-order chi connectivity index (χ0) is 24.2. The number of hydrogen-bond acceptors (Lipinski definition) is 2. The van der Waals surface area contributed by atoms with Crippen molar-refractivity contribution in [2.75, 3.05) is 0 Å². The molecule has 0 N–H and O–H groups in total. The quantitative estimate of drug-likeness (QED) is 0.285. The summed E-state index contributed by atoms with van der Waals surface area (Å²) in [5.74, 6) is 1.83. The molecule has 5 aliphatic carbocycles. The second-order valence-corrected chi connectivity index (χ2v) is 15.1. The molecule has 5 aliphatic rings. The topological polar surface area (TPSA) is 34.1 Å². The molecule has 0 amide bonds. The van der Waals surface area contributed by atoms with Crippen LogP contribution in [0.2, 0.25) is 0 Å². The molecule has 3 heteroatoms. The molecule has 33 heavy (non-hydrogen) atoms. The largest absolute Gasteiger partial charge is 0.299 e. The first-order chi connectivity index (χ1) is 15.1. The van der Waals surface area contributed by atoms with E-state index in [0.717, 1.165) is 57.8 Å². The summed E-state index contributed by atoms with van der Waals surface area (Å²) in [6, 6.07) is 0. The monoisotopic (exact) mass is 472 g/mol. The number of hydrogen-bond donors (Lipinski definition) is 0. The molecule has 0 heterocycles. The van der Waals surface area contributed by atoms with Gasteiger partial charge < -0.3 is 0 Å². The highest BCUT2D eigenvalue weighted by molar-refractivity contribution is 6.64. The van der Waals surface area contributed by atoms with Crippen LogP contribution >= 0.6 is 11.6 Å². The van der Waals surface area contributed by atoms with Crippen LogP contribution in [0.5, 0.6) is 0 Å². The summed E-state index contributed by atoms with van der Waals surface area (Å²) in [6.45, 7) is 16.8. The van der Waals surface area contributed by atoms with Crippen molar-refractivity contribution >= 4 is 22.6 Å². The van der Waals surface area contributed by atoms with Crippen LogP contribution in [0.4, 0.5) is 0 Å². The first kappa shape index (κ1) is 24.1. The van der Waals surface area contributed by atoms with Crippen molar-refractivity contribution in [3.05, 3.63) is 11.6 Å². The third-order valence-electron chi connectivity index (χ3n) is 12.8. The fourth-order valence-corrected chi connectivity index (χ4v) is 10.7. The fraction of sp³-hybridized carbons (Fsp3) is 0.867. The summed E-state index contributed by atoms with van der Waals surface area (Å²) in [5.41, 5.74) is 1.80. The lowest BCUT2D eigenvalue weighted by Gasteiger charge is -2.70. The van der Waals surface area contributed by atoms with Crippen molar-refractivity contribution in [3.63, 3.8) is 0 Å². The highest BCUT2D eigenvalue weighted by Gasteiger charge is 2.69. The van der Waals surface area contributed by atoms with Crippen molar-refractivity contribution in [2.45, 2.75) is 113 Å². The average molecular weight is 473 g/mol. The summed E-state index contributed by atoms with van der Waals surface area (Å²) < 4.78 is 0. The lowest BCUT2D eigenvalue weighted by atomic mass is 9.33. The van der Waals surface area contributed by atoms with E-state index < -0.39 is 0 Å². The molecule has 0 radical (unpaired) electrons. The molecule has 4 fully saturated rings. The molecule has 184 valence electrons. The van der Waals surface area contributed by atoms with Gasteiger partial charge in [0.15, 0.2) is 0 Å². The second kappa shape index (κ2) is 6.98. The van der Waals surface area contributed by atoms with E-state index in [9.17, 15) is 9.59 Å². The average Bonchev–Trinajstić information content (AvgIpc) is 2.71. The van der Waals surface area contributed by atoms with Gasteiger partial charge in [-0.25, -0.2) is 0 Å². The SMILES string of the molecule is CC1(C)CC[C@]2(C(=O)Cl)CC[C@]3(C)C(=CC[C@@H]4[C@@]5(C)CCC(=O)C(C)(C)[C@@H]5CC[C@]43C)[C@@H]2C1. The maximum absolute atomic E-state index is 13.0. The smallest absolute Gasteiger partial charge is 0.228 e. The molecule has 0 aromatic rings. The standard InChI is InChI=1S/C30H45ClO2/c1-25(2)14-16-30(24(31)33)17-15-28(6)19(20(30)18-25)8-9-22-27(5)12-11-23(32)26(3,4)21(27)10-13-29(22,28)7/h8,20-22H,9-18H2,1-7H3/t20-,21-,22+,27-,28+,29+,30-/m0/s1. The van der Waals surface area contributed by atoms with Crippen LogP contribution in [-0.2, 0) is 9.59 Å². The van der Waals surface area contributed by atoms with Gasteiger partial charge in [-0.15, -0.1) is 0 Å². The Bertz CT molecular complexity index is 930. The molecule has 5 rings (SSSR count). The van der Waals surface area contributed by atoms with Gasteiger partial charge in [0.25, 0.3) is 0 Å². The predicted molar refractivity (Wildman–Crippen MR) is 135 cm³/mol. The number of fused-ring (bicyclic) bond motifs is 7. The number of carbonyl (C=O) groups is 2. The number of carbonyl (C=O) groups excluding carboxylic acids is 2. The summed E-state index contributed by atoms with van der Waals surface area (Å²) in [5, 5.41) is -0.0820. The lowest BCUT2D eigenvalue weighted by Crippen LogP contribution is -2.64. The molecular weight excluding hydrogens is 428 g/mol. The van der Waals surface area contributed by atoms with E-state index in [1.54, 1.807) is 5.57 Å². The number of Topliss-reactive ketones (excluding diaryl/α,β-unsaturated/α-hetero) is 1. The summed E-state index contributed by atoms with van der Waals surface area (Å²) in [6.07, 6.45) is 12.9. The zero-order valence-corrected chi connectivity index (χ0v) is 22.8. The Labute approximate surface area is 206 Å². The van der Waals surface area contributed by atoms with Crippen molar-refractivity contribution in [2.24, 2.45) is 50.2 Å². The van der Waals surface area contributed by atoms with Crippen LogP contribution in [0.15, 0.2) is 11.6 Å². The summed E-state index contributed by atoms with van der Waals surface area (Å²) in [7, 11) is 0. The molecule has 0 aliphatic heterocycles. The van der Waals surface area contributed by atoms with Gasteiger partial charge in [-0.1, -0.05) is 60.1 Å². The third-order valence-corrected chi connectivity index (χ3v) is 13.2. The summed E-state index contributed by atoms with van der Waals surface area (Å²) >= 11 is 6.42. The highest BCUT2D eigenvalue weighted by Crippen LogP contribution is 2.75. The number of ketones is 1. The Morgan fingerprint density at radius 3 is 2.24 bits per heavy atom. The van der Waals surface area contributed by atoms with Crippen LogP contribution in [0, 0.1) is 50.2 Å². The number of rotatable bonds is 1. The first-order valence-corrected chi connectivity index (χ1v) is 14.0. The van der Waals surface area contributed by atoms with Crippen molar-refractivity contribution in [1.82, 2.24) is 0 Å². The molecule has 0 bridgehead atoms. The number of halogens is 1. The van der Waals surface area contributed by atoms with Gasteiger partial charge in [-0.3, -0.25) is 9.59 Å². The molecule has 0 spiro atoms. The van der Waals surface area contributed by atoms with Crippen LogP contribution < -0.4 is 0 Å². The summed E-state index contributed by atoms with van der Waals surface area (Å²) in [4.78, 5) is 25.9. The van der Waals surface area contributed by atoms with Gasteiger partial charge in [0, 0.05) is 11.8 Å². The maximum Gasteiger partial charge on any atom is 0.228 e. The minimum Gasteiger partial charge on any atom is -0.299 e. The third kappa shape index (κ3) is 2.91. The molecule has 0 aromatic carbocycles. The van der Waals surface area contributed by atoms with Crippen LogP contribution in [0.25, 0.3) is 0 Å². The van der Waals surface area contributed by atoms with Gasteiger partial charge in [-0.05, 0) is 109 Å². The van der Waals surface area contributed by atoms with Crippen molar-refractivity contribution in [1.29, 1.82) is 0 Å².